The number of esters is 2. The summed E-state index contributed by atoms with van der Waals surface area (Å²) in [5, 5.41) is 0. The van der Waals surface area contributed by atoms with Crippen molar-refractivity contribution in [2.45, 2.75) is 52.6 Å². The second-order valence-corrected chi connectivity index (χ2v) is 14.0. The molecule has 0 N–H and O–H groups in total. The number of cyclic esters (lactones) is 1. The first-order chi connectivity index (χ1) is 14.1. The molecule has 0 unspecified atom stereocenters. The van der Waals surface area contributed by atoms with Gasteiger partial charge >= 0.3 is 11.9 Å². The Morgan fingerprint density at radius 3 is 2.53 bits per heavy atom. The Morgan fingerprint density at radius 1 is 1.27 bits per heavy atom. The molecule has 0 radical (unpaired) electrons. The highest BCUT2D eigenvalue weighted by Gasteiger charge is 2.33. The lowest BCUT2D eigenvalue weighted by Gasteiger charge is -2.21. The fourth-order valence-electron chi connectivity index (χ4n) is 3.30. The molecule has 0 amide bonds. The first-order valence-corrected chi connectivity index (χ1v) is 13.9. The van der Waals surface area contributed by atoms with Gasteiger partial charge in [-0.15, -0.1) is 0 Å². The van der Waals surface area contributed by atoms with Crippen LogP contribution in [0.2, 0.25) is 25.7 Å². The summed E-state index contributed by atoms with van der Waals surface area (Å²) in [5.41, 5.74) is 3.17. The summed E-state index contributed by atoms with van der Waals surface area (Å²) in [4.78, 5) is 24.6. The van der Waals surface area contributed by atoms with Crippen LogP contribution in [0.25, 0.3) is 0 Å². The van der Waals surface area contributed by atoms with Gasteiger partial charge in [-0.25, -0.2) is 9.59 Å². The van der Waals surface area contributed by atoms with E-state index in [0.29, 0.717) is 41.2 Å². The van der Waals surface area contributed by atoms with Crippen molar-refractivity contribution in [2.24, 2.45) is 0 Å². The third-order valence-corrected chi connectivity index (χ3v) is 6.69. The third-order valence-electron chi connectivity index (χ3n) is 4.98. The topological polar surface area (TPSA) is 71.1 Å². The molecule has 0 spiro atoms. The maximum atomic E-state index is 12.5. The molecule has 6 nitrogen and oxygen atoms in total. The van der Waals surface area contributed by atoms with Gasteiger partial charge in [0.05, 0.1) is 25.9 Å². The van der Waals surface area contributed by atoms with Crippen molar-refractivity contribution in [1.29, 1.82) is 0 Å². The van der Waals surface area contributed by atoms with Crippen molar-refractivity contribution in [1.82, 2.24) is 0 Å². The zero-order valence-electron chi connectivity index (χ0n) is 18.8. The third kappa shape index (κ3) is 5.33. The number of hydrogen-bond donors (Lipinski definition) is 0. The zero-order chi connectivity index (χ0) is 22.5. The molecule has 1 aliphatic heterocycles. The molecule has 0 saturated heterocycles. The Hall–Kier alpha value is -2.54. The van der Waals surface area contributed by atoms with E-state index in [4.69, 9.17) is 18.9 Å². The number of carbonyl (C=O) groups is 2. The van der Waals surface area contributed by atoms with Gasteiger partial charge in [0.25, 0.3) is 0 Å². The minimum atomic E-state index is -1.33. The number of ether oxygens (including phenoxy) is 4. The standard InChI is InChI=1S/C23H32O6Si/c1-8-16(22(24)27-9-2)10-11-17-20(26-4)15(3)18-14-29-23(25)19(18)21(17)28-12-13-30(5,6)7/h8,10H,1,9,11-14H2,2-7H3/b16-10+. The van der Waals surface area contributed by atoms with Crippen LogP contribution in [0, 0.1) is 6.92 Å². The molecule has 0 atom stereocenters. The first-order valence-electron chi connectivity index (χ1n) is 10.2. The molecule has 1 aromatic rings. The molecule has 0 aliphatic carbocycles. The van der Waals surface area contributed by atoms with E-state index in [2.05, 4.69) is 26.2 Å². The zero-order valence-corrected chi connectivity index (χ0v) is 19.8. The quantitative estimate of drug-likeness (QED) is 0.233. The largest absolute Gasteiger partial charge is 0.496 e. The van der Waals surface area contributed by atoms with Gasteiger partial charge in [0.1, 0.15) is 23.7 Å². The van der Waals surface area contributed by atoms with E-state index in [0.717, 1.165) is 17.2 Å². The fraction of sp³-hybridized carbons (Fsp3) is 0.478. The molecular formula is C23H32O6Si. The SMILES string of the molecule is C=C/C(=C\Cc1c(OC)c(C)c2c(c1OCC[Si](C)(C)C)C(=O)OC2)C(=O)OCC. The van der Waals surface area contributed by atoms with Crippen molar-refractivity contribution in [2.75, 3.05) is 20.3 Å². The van der Waals surface area contributed by atoms with Gasteiger partial charge in [-0.3, -0.25) is 0 Å². The summed E-state index contributed by atoms with van der Waals surface area (Å²) < 4.78 is 22.2. The van der Waals surface area contributed by atoms with Crippen LogP contribution in [-0.2, 0) is 27.3 Å². The van der Waals surface area contributed by atoms with Crippen molar-refractivity contribution in [3.8, 4) is 11.5 Å². The number of carbonyl (C=O) groups excluding carboxylic acids is 2. The molecule has 2 rings (SSSR count). The summed E-state index contributed by atoms with van der Waals surface area (Å²) in [5.74, 6) is 0.290. The van der Waals surface area contributed by atoms with E-state index < -0.39 is 20.0 Å². The summed E-state index contributed by atoms with van der Waals surface area (Å²) in [6.45, 7) is 15.2. The summed E-state index contributed by atoms with van der Waals surface area (Å²) >= 11 is 0. The monoisotopic (exact) mass is 432 g/mol. The maximum absolute atomic E-state index is 12.5. The number of allylic oxidation sites excluding steroid dienone is 1. The van der Waals surface area contributed by atoms with Gasteiger partial charge in [0.15, 0.2) is 0 Å². The van der Waals surface area contributed by atoms with Crippen molar-refractivity contribution in [3.05, 3.63) is 46.6 Å². The van der Waals surface area contributed by atoms with Crippen LogP contribution in [0.1, 0.15) is 34.0 Å². The fourth-order valence-corrected chi connectivity index (χ4v) is 4.02. The predicted molar refractivity (Wildman–Crippen MR) is 119 cm³/mol. The predicted octanol–water partition coefficient (Wildman–Crippen LogP) is 4.61. The van der Waals surface area contributed by atoms with Crippen molar-refractivity contribution >= 4 is 20.0 Å². The minimum absolute atomic E-state index is 0.206. The highest BCUT2D eigenvalue weighted by atomic mass is 28.3. The molecule has 0 saturated carbocycles. The highest BCUT2D eigenvalue weighted by molar-refractivity contribution is 6.76. The molecule has 164 valence electrons. The number of benzene rings is 1. The number of fused-ring (bicyclic) bond motifs is 1. The van der Waals surface area contributed by atoms with E-state index in [9.17, 15) is 9.59 Å². The number of methoxy groups -OCH3 is 1. The van der Waals surface area contributed by atoms with Gasteiger partial charge in [0, 0.05) is 19.2 Å². The molecule has 1 heterocycles. The maximum Gasteiger partial charge on any atom is 0.342 e. The van der Waals surface area contributed by atoms with Gasteiger partial charge in [-0.1, -0.05) is 38.4 Å². The van der Waals surface area contributed by atoms with Gasteiger partial charge in [-0.2, -0.15) is 0 Å². The molecule has 7 heteroatoms. The minimum Gasteiger partial charge on any atom is -0.496 e. The van der Waals surface area contributed by atoms with Crippen LogP contribution >= 0.6 is 0 Å². The Balaban J connectivity index is 2.54. The van der Waals surface area contributed by atoms with E-state index >= 15 is 0 Å². The lowest BCUT2D eigenvalue weighted by molar-refractivity contribution is -0.138. The highest BCUT2D eigenvalue weighted by Crippen LogP contribution is 2.43. The number of rotatable bonds is 10. The summed E-state index contributed by atoms with van der Waals surface area (Å²) in [6.07, 6.45) is 3.51. The molecule has 30 heavy (non-hydrogen) atoms. The Bertz CT molecular complexity index is 864. The molecule has 1 aliphatic rings. The molecule has 0 fully saturated rings. The van der Waals surface area contributed by atoms with Gasteiger partial charge in [0.2, 0.25) is 0 Å². The lowest BCUT2D eigenvalue weighted by atomic mass is 9.94. The van der Waals surface area contributed by atoms with Crippen molar-refractivity contribution < 1.29 is 28.5 Å². The van der Waals surface area contributed by atoms with E-state index in [-0.39, 0.29) is 13.2 Å². The average Bonchev–Trinajstić information content (AvgIpc) is 3.06. The van der Waals surface area contributed by atoms with Gasteiger partial charge in [-0.05, 0) is 31.9 Å². The Labute approximate surface area is 179 Å². The van der Waals surface area contributed by atoms with Crippen LogP contribution in [0.5, 0.6) is 11.5 Å². The van der Waals surface area contributed by atoms with Crippen LogP contribution in [0.15, 0.2) is 24.3 Å². The van der Waals surface area contributed by atoms with E-state index in [1.807, 2.05) is 6.92 Å². The lowest BCUT2D eigenvalue weighted by Crippen LogP contribution is -2.23. The Morgan fingerprint density at radius 2 is 1.97 bits per heavy atom. The van der Waals surface area contributed by atoms with Crippen LogP contribution in [0.3, 0.4) is 0 Å². The molecule has 0 bridgehead atoms. The van der Waals surface area contributed by atoms with Crippen LogP contribution < -0.4 is 9.47 Å². The summed E-state index contributed by atoms with van der Waals surface area (Å²) in [6, 6.07) is 0.947. The smallest absolute Gasteiger partial charge is 0.342 e. The van der Waals surface area contributed by atoms with Gasteiger partial charge < -0.3 is 18.9 Å². The van der Waals surface area contributed by atoms with E-state index in [1.54, 1.807) is 20.1 Å². The normalized spacial score (nSPS) is 13.5. The second-order valence-electron chi connectivity index (χ2n) is 8.34. The molecule has 1 aromatic carbocycles. The Kier molecular flexibility index (Phi) is 7.89. The number of hydrogen-bond acceptors (Lipinski definition) is 6. The summed E-state index contributed by atoms with van der Waals surface area (Å²) in [7, 11) is 0.260. The van der Waals surface area contributed by atoms with Crippen molar-refractivity contribution in [3.63, 3.8) is 0 Å². The second kappa shape index (κ2) is 9.98. The van der Waals surface area contributed by atoms with Crippen LogP contribution in [0.4, 0.5) is 0 Å². The average molecular weight is 433 g/mol. The molecule has 0 aromatic heterocycles. The first kappa shape index (κ1) is 23.7. The molecular weight excluding hydrogens is 400 g/mol. The van der Waals surface area contributed by atoms with Crippen LogP contribution in [-0.4, -0.2) is 40.3 Å². The van der Waals surface area contributed by atoms with E-state index in [1.165, 1.54) is 6.08 Å².